The summed E-state index contributed by atoms with van der Waals surface area (Å²) in [5, 5.41) is 16.1. The van der Waals surface area contributed by atoms with Gasteiger partial charge in [0.25, 0.3) is 5.88 Å². The Hall–Kier alpha value is -3.00. The van der Waals surface area contributed by atoms with Crippen molar-refractivity contribution in [3.8, 4) is 11.9 Å². The summed E-state index contributed by atoms with van der Waals surface area (Å²) >= 11 is 0. The van der Waals surface area contributed by atoms with Crippen LogP contribution >= 0.6 is 0 Å². The van der Waals surface area contributed by atoms with E-state index < -0.39 is 0 Å². The molecule has 0 spiro atoms. The molecule has 0 aliphatic carbocycles. The molecule has 1 heterocycles. The number of unbranched alkanes of at least 4 members (excludes halogenated alkanes) is 2. The van der Waals surface area contributed by atoms with Crippen LogP contribution in [0.1, 0.15) is 37.3 Å². The Morgan fingerprint density at radius 1 is 1.16 bits per heavy atom. The van der Waals surface area contributed by atoms with Crippen molar-refractivity contribution in [2.24, 2.45) is 0 Å². The molecule has 0 bridgehead atoms. The molecule has 3 rings (SSSR count). The fourth-order valence-corrected chi connectivity index (χ4v) is 2.90. The van der Waals surface area contributed by atoms with Crippen LogP contribution in [0.15, 0.2) is 42.5 Å². The van der Waals surface area contributed by atoms with E-state index in [2.05, 4.69) is 36.3 Å². The Morgan fingerprint density at radius 2 is 1.96 bits per heavy atom. The number of nitrogen functional groups attached to an aromatic ring is 1. The average Bonchev–Trinajstić information content (AvgIpc) is 2.95. The van der Waals surface area contributed by atoms with Crippen LogP contribution in [0.2, 0.25) is 0 Å². The highest BCUT2D eigenvalue weighted by Gasteiger charge is 2.17. The number of rotatable bonds is 7. The number of aryl methyl sites for hydroxylation is 1. The van der Waals surface area contributed by atoms with Gasteiger partial charge in [0.15, 0.2) is 5.56 Å². The minimum absolute atomic E-state index is 0.310. The van der Waals surface area contributed by atoms with E-state index in [1.54, 1.807) is 4.68 Å². The summed E-state index contributed by atoms with van der Waals surface area (Å²) in [6.07, 6.45) is 3.21. The summed E-state index contributed by atoms with van der Waals surface area (Å²) in [7, 11) is 0. The normalized spacial score (nSPS) is 10.7. The molecule has 0 aliphatic rings. The van der Waals surface area contributed by atoms with Gasteiger partial charge in [-0.05, 0) is 22.8 Å². The smallest absolute Gasteiger partial charge is 0.253 e. The molecule has 0 amide bonds. The average molecular weight is 334 g/mol. The molecule has 2 aromatic carbocycles. The SMILES string of the molecule is CCCCCn1nc(OCc2cccc3ccccc23)c(C#N)c1N. The van der Waals surface area contributed by atoms with E-state index in [1.807, 2.05) is 24.3 Å². The molecular weight excluding hydrogens is 312 g/mol. The summed E-state index contributed by atoms with van der Waals surface area (Å²) in [5.74, 6) is 0.691. The van der Waals surface area contributed by atoms with Crippen molar-refractivity contribution in [1.29, 1.82) is 5.26 Å². The zero-order valence-corrected chi connectivity index (χ0v) is 14.4. The lowest BCUT2D eigenvalue weighted by Gasteiger charge is -2.07. The fourth-order valence-electron chi connectivity index (χ4n) is 2.90. The molecule has 0 unspecified atom stereocenters. The van der Waals surface area contributed by atoms with Crippen LogP contribution in [0.5, 0.6) is 5.88 Å². The van der Waals surface area contributed by atoms with Gasteiger partial charge in [-0.15, -0.1) is 5.10 Å². The maximum Gasteiger partial charge on any atom is 0.253 e. The number of fused-ring (bicyclic) bond motifs is 1. The minimum Gasteiger partial charge on any atom is -0.471 e. The number of anilines is 1. The number of nitriles is 1. The summed E-state index contributed by atoms with van der Waals surface area (Å²) < 4.78 is 7.53. The largest absolute Gasteiger partial charge is 0.471 e. The topological polar surface area (TPSA) is 76.9 Å². The fraction of sp³-hybridized carbons (Fsp3) is 0.300. The minimum atomic E-state index is 0.310. The lowest BCUT2D eigenvalue weighted by molar-refractivity contribution is 0.289. The maximum atomic E-state index is 9.39. The van der Waals surface area contributed by atoms with Gasteiger partial charge in [-0.3, -0.25) is 0 Å². The number of hydrogen-bond acceptors (Lipinski definition) is 4. The van der Waals surface area contributed by atoms with E-state index >= 15 is 0 Å². The predicted molar refractivity (Wildman–Crippen MR) is 99.2 cm³/mol. The number of ether oxygens (including phenoxy) is 1. The zero-order chi connectivity index (χ0) is 17.6. The Kier molecular flexibility index (Phi) is 5.20. The van der Waals surface area contributed by atoms with E-state index in [4.69, 9.17) is 10.5 Å². The number of nitrogens with two attached hydrogens (primary N) is 1. The Morgan fingerprint density at radius 3 is 2.76 bits per heavy atom. The van der Waals surface area contributed by atoms with Crippen molar-refractivity contribution in [2.75, 3.05) is 5.73 Å². The van der Waals surface area contributed by atoms with E-state index in [1.165, 1.54) is 0 Å². The van der Waals surface area contributed by atoms with Crippen molar-refractivity contribution < 1.29 is 4.74 Å². The molecule has 3 aromatic rings. The quantitative estimate of drug-likeness (QED) is 0.655. The number of benzene rings is 2. The van der Waals surface area contributed by atoms with Gasteiger partial charge in [0, 0.05) is 6.54 Å². The maximum absolute atomic E-state index is 9.39. The van der Waals surface area contributed by atoms with Gasteiger partial charge in [0.2, 0.25) is 0 Å². The number of hydrogen-bond donors (Lipinski definition) is 1. The first-order valence-electron chi connectivity index (χ1n) is 8.60. The van der Waals surface area contributed by atoms with Gasteiger partial charge in [-0.25, -0.2) is 4.68 Å². The molecule has 0 saturated heterocycles. The molecule has 5 heteroatoms. The molecule has 25 heavy (non-hydrogen) atoms. The van der Waals surface area contributed by atoms with E-state index in [0.717, 1.165) is 35.6 Å². The molecule has 2 N–H and O–H groups in total. The van der Waals surface area contributed by atoms with Crippen LogP contribution in [-0.2, 0) is 13.2 Å². The number of nitrogens with zero attached hydrogens (tertiary/aromatic N) is 3. The van der Waals surface area contributed by atoms with E-state index in [0.29, 0.717) is 30.4 Å². The molecule has 0 atom stereocenters. The lowest BCUT2D eigenvalue weighted by Crippen LogP contribution is -2.05. The summed E-state index contributed by atoms with van der Waals surface area (Å²) in [4.78, 5) is 0. The van der Waals surface area contributed by atoms with Gasteiger partial charge in [-0.1, -0.05) is 62.2 Å². The molecule has 1 aromatic heterocycles. The third-order valence-electron chi connectivity index (χ3n) is 4.29. The molecule has 0 saturated carbocycles. The second-order valence-electron chi connectivity index (χ2n) is 6.03. The van der Waals surface area contributed by atoms with Gasteiger partial charge >= 0.3 is 0 Å². The Labute approximate surface area is 147 Å². The molecule has 0 aliphatic heterocycles. The Bertz CT molecular complexity index is 902. The van der Waals surface area contributed by atoms with Crippen molar-refractivity contribution >= 4 is 16.6 Å². The van der Waals surface area contributed by atoms with Gasteiger partial charge in [-0.2, -0.15) is 5.26 Å². The predicted octanol–water partition coefficient (Wildman–Crippen LogP) is 4.26. The first kappa shape index (κ1) is 16.8. The van der Waals surface area contributed by atoms with Gasteiger partial charge < -0.3 is 10.5 Å². The Balaban J connectivity index is 1.80. The van der Waals surface area contributed by atoms with Crippen molar-refractivity contribution in [1.82, 2.24) is 9.78 Å². The van der Waals surface area contributed by atoms with Gasteiger partial charge in [0.1, 0.15) is 18.5 Å². The summed E-state index contributed by atoms with van der Waals surface area (Å²) in [6.45, 7) is 3.19. The molecule has 128 valence electrons. The summed E-state index contributed by atoms with van der Waals surface area (Å²) in [6, 6.07) is 16.4. The number of aromatic nitrogens is 2. The third kappa shape index (κ3) is 3.58. The lowest BCUT2D eigenvalue weighted by atomic mass is 10.1. The second kappa shape index (κ2) is 7.71. The highest BCUT2D eigenvalue weighted by atomic mass is 16.5. The zero-order valence-electron chi connectivity index (χ0n) is 14.4. The van der Waals surface area contributed by atoms with Crippen LogP contribution in [0.25, 0.3) is 10.8 Å². The highest BCUT2D eigenvalue weighted by Crippen LogP contribution is 2.26. The molecule has 5 nitrogen and oxygen atoms in total. The molecular formula is C20H22N4O. The van der Waals surface area contributed by atoms with Crippen LogP contribution in [-0.4, -0.2) is 9.78 Å². The van der Waals surface area contributed by atoms with Crippen molar-refractivity contribution in [2.45, 2.75) is 39.3 Å². The monoisotopic (exact) mass is 334 g/mol. The van der Waals surface area contributed by atoms with Crippen LogP contribution in [0.3, 0.4) is 0 Å². The first-order chi connectivity index (χ1) is 12.2. The van der Waals surface area contributed by atoms with E-state index in [-0.39, 0.29) is 0 Å². The standard InChI is InChI=1S/C20H22N4O/c1-2-3-6-12-24-19(22)18(13-21)20(23-24)25-14-16-10-7-9-15-8-4-5-11-17(15)16/h4-5,7-11H,2-3,6,12,14,22H2,1H3. The summed E-state index contributed by atoms with van der Waals surface area (Å²) in [5.41, 5.74) is 7.43. The third-order valence-corrected chi connectivity index (χ3v) is 4.29. The van der Waals surface area contributed by atoms with Crippen molar-refractivity contribution in [3.05, 3.63) is 53.6 Å². The van der Waals surface area contributed by atoms with Crippen LogP contribution in [0.4, 0.5) is 5.82 Å². The van der Waals surface area contributed by atoms with Crippen LogP contribution in [0, 0.1) is 11.3 Å². The van der Waals surface area contributed by atoms with Crippen LogP contribution < -0.4 is 10.5 Å². The van der Waals surface area contributed by atoms with Gasteiger partial charge in [0.05, 0.1) is 0 Å². The van der Waals surface area contributed by atoms with E-state index in [9.17, 15) is 5.26 Å². The van der Waals surface area contributed by atoms with Crippen molar-refractivity contribution in [3.63, 3.8) is 0 Å². The first-order valence-corrected chi connectivity index (χ1v) is 8.60. The molecule has 0 fully saturated rings. The highest BCUT2D eigenvalue weighted by molar-refractivity contribution is 5.85. The molecule has 0 radical (unpaired) electrons. The second-order valence-corrected chi connectivity index (χ2v) is 6.03.